The average Bonchev–Trinajstić information content (AvgIpc) is 1.62. The molecule has 0 heterocycles. The van der Waals surface area contributed by atoms with Crippen LogP contribution in [-0.2, 0) is 78.0 Å². The lowest BCUT2D eigenvalue weighted by Gasteiger charge is -2.29. The number of ether oxygens (including phenoxy) is 9. The van der Waals surface area contributed by atoms with Gasteiger partial charge >= 0.3 is 60.2 Å². The third-order valence-electron chi connectivity index (χ3n) is 17.4. The van der Waals surface area contributed by atoms with Gasteiger partial charge in [0.1, 0.15) is 67.5 Å². The number of alkyl carbamates (subject to hydrolysis) is 4. The molecule has 5 aromatic rings. The van der Waals surface area contributed by atoms with Crippen molar-refractivity contribution in [3.05, 3.63) is 155 Å². The molecule has 0 spiro atoms. The summed E-state index contributed by atoms with van der Waals surface area (Å²) >= 11 is 0. The van der Waals surface area contributed by atoms with Crippen molar-refractivity contribution >= 4 is 60.2 Å². The predicted octanol–water partition coefficient (Wildman–Crippen LogP) is 12.6. The predicted molar refractivity (Wildman–Crippen MR) is 370 cm³/mol. The molecule has 5 N–H and O–H groups in total. The van der Waals surface area contributed by atoms with Crippen LogP contribution < -0.4 is 21.3 Å². The van der Waals surface area contributed by atoms with E-state index in [0.29, 0.717) is 25.7 Å². The Labute approximate surface area is 588 Å². The zero-order valence-corrected chi connectivity index (χ0v) is 58.6. The minimum absolute atomic E-state index is 0.00521. The van der Waals surface area contributed by atoms with Crippen LogP contribution in [0.2, 0.25) is 0 Å². The lowest BCUT2D eigenvalue weighted by Crippen LogP contribution is -2.52. The molecule has 4 aliphatic carbocycles. The van der Waals surface area contributed by atoms with Crippen LogP contribution in [0, 0.1) is 0 Å². The zero-order chi connectivity index (χ0) is 72.8. The first-order valence-corrected chi connectivity index (χ1v) is 34.7. The molecule has 2 saturated carbocycles. The molecule has 6 unspecified atom stereocenters. The summed E-state index contributed by atoms with van der Waals surface area (Å²) in [6.45, 7) is 12.9. The maximum atomic E-state index is 13.3. The molecule has 0 aromatic heterocycles. The highest BCUT2D eigenvalue weighted by Gasteiger charge is 2.39. The van der Waals surface area contributed by atoms with E-state index in [1.807, 2.05) is 115 Å². The number of hydrogen-bond acceptors (Lipinski definition) is 19. The van der Waals surface area contributed by atoms with Crippen LogP contribution in [0.1, 0.15) is 185 Å². The van der Waals surface area contributed by atoms with Crippen LogP contribution in [-0.4, -0.2) is 138 Å². The topological polar surface area (TPSA) is 322 Å². The van der Waals surface area contributed by atoms with E-state index in [1.165, 1.54) is 13.8 Å². The minimum atomic E-state index is -1.44. The van der Waals surface area contributed by atoms with Crippen LogP contribution in [0.25, 0.3) is 22.3 Å². The van der Waals surface area contributed by atoms with Crippen molar-refractivity contribution in [3.63, 3.8) is 0 Å². The third kappa shape index (κ3) is 23.3. The van der Waals surface area contributed by atoms with Gasteiger partial charge < -0.3 is 69.0 Å². The number of amides is 4. The highest BCUT2D eigenvalue weighted by molar-refractivity contribution is 5.86. The molecule has 9 rings (SSSR count). The number of fused-ring (bicyclic) bond motifs is 6. The lowest BCUT2D eigenvalue weighted by atomic mass is 9.98. The smallest absolute Gasteiger partial charge is 0.408 e. The molecule has 24 nitrogen and oxygen atoms in total. The number of benzene rings is 5. The van der Waals surface area contributed by atoms with Crippen molar-refractivity contribution in [1.29, 1.82) is 0 Å². The number of carboxylic acids is 1. The molecule has 542 valence electrons. The van der Waals surface area contributed by atoms with Gasteiger partial charge in [0.2, 0.25) is 0 Å². The first kappa shape index (κ1) is 76.7. The Hall–Kier alpha value is -10.0. The molecule has 4 aliphatic rings. The second-order valence-corrected chi connectivity index (χ2v) is 27.6. The van der Waals surface area contributed by atoms with E-state index >= 15 is 0 Å². The Morgan fingerprint density at radius 2 is 0.772 bits per heavy atom. The van der Waals surface area contributed by atoms with Crippen LogP contribution in [0.15, 0.2) is 127 Å². The van der Waals surface area contributed by atoms with E-state index in [9.17, 15) is 53.1 Å². The highest BCUT2D eigenvalue weighted by atomic mass is 16.6. The van der Waals surface area contributed by atoms with Gasteiger partial charge in [-0.25, -0.2) is 38.4 Å². The molecule has 4 amide bonds. The summed E-state index contributed by atoms with van der Waals surface area (Å²) in [5.41, 5.74) is 7.39. The monoisotopic (exact) mass is 1390 g/mol. The van der Waals surface area contributed by atoms with Crippen LogP contribution in [0.3, 0.4) is 0 Å². The van der Waals surface area contributed by atoms with E-state index in [0.717, 1.165) is 88.6 Å². The van der Waals surface area contributed by atoms with E-state index in [-0.39, 0.29) is 63.1 Å². The summed E-state index contributed by atoms with van der Waals surface area (Å²) < 4.78 is 49.6. The van der Waals surface area contributed by atoms with Gasteiger partial charge in [0.25, 0.3) is 0 Å². The van der Waals surface area contributed by atoms with E-state index in [4.69, 9.17) is 42.6 Å². The lowest BCUT2D eigenvalue weighted by molar-refractivity contribution is -0.163. The zero-order valence-electron chi connectivity index (χ0n) is 58.6. The van der Waals surface area contributed by atoms with Gasteiger partial charge in [-0.05, 0) is 170 Å². The number of aliphatic carboxylic acids is 1. The van der Waals surface area contributed by atoms with E-state index in [1.54, 1.807) is 53.7 Å². The van der Waals surface area contributed by atoms with Crippen LogP contribution in [0.5, 0.6) is 0 Å². The molecule has 24 heteroatoms. The van der Waals surface area contributed by atoms with Crippen LogP contribution in [0.4, 0.5) is 19.2 Å². The molecule has 0 aliphatic heterocycles. The SMILES string of the molecule is CC(OC(=O)CCC(NC(=O)OCC1c2ccccc2-c2ccccc21)C(=O)O)C(NC(=O)OC(C)(C)C)C(=O)OC1CCCCC1.CC(OC(=O)CCC(NC(=O)OCC1c2ccccc2-c2ccccc21)C(=O)OCc1ccccc1)C(NC(=O)OC(C)(C)C)C(=O)OC1CCCCC1. The fourth-order valence-electron chi connectivity index (χ4n) is 12.5. The average molecular weight is 1400 g/mol. The second-order valence-electron chi connectivity index (χ2n) is 27.6. The van der Waals surface area contributed by atoms with Gasteiger partial charge in [-0.2, -0.15) is 0 Å². The standard InChI is InChI=1S/C42H50N2O10.C35H44N2O10/c1-27(37(44-41(49)54-42(2,3)4)39(47)53-29-17-9-6-10-18-29)52-36(45)24-23-35(38(46)50-25-28-15-7-5-8-16-28)43-40(48)51-26-34-32-21-13-11-19-30(32)31-20-12-14-22-33(31)34;1-21(30(37-34(43)47-35(2,3)4)32(41)46-22-12-6-5-7-13-22)45-29(38)19-18-28(31(39)40)36-33(42)44-20-27-25-16-10-8-14-23(25)24-15-9-11-17-26(24)27/h5,7-8,11-16,19-22,27,29,34-35,37H,6,9-10,17-18,23-26H2,1-4H3,(H,43,48)(H,44,49);8-11,14-17,21-22,27-28,30H,5-7,12-13,18-20H2,1-4H3,(H,36,42)(H,37,43)(H,39,40). The Morgan fingerprint density at radius 3 is 1.14 bits per heavy atom. The molecule has 5 aromatic carbocycles. The Kier molecular flexibility index (Phi) is 27.6. The molecular weight excluding hydrogens is 1300 g/mol. The number of rotatable bonds is 26. The molecule has 0 radical (unpaired) electrons. The molecule has 6 atom stereocenters. The van der Waals surface area contributed by atoms with Crippen LogP contribution >= 0.6 is 0 Å². The van der Waals surface area contributed by atoms with Crippen molar-refractivity contribution in [2.24, 2.45) is 0 Å². The van der Waals surface area contributed by atoms with Crippen molar-refractivity contribution in [2.45, 2.75) is 224 Å². The maximum absolute atomic E-state index is 13.3. The normalized spacial score (nSPS) is 16.0. The summed E-state index contributed by atoms with van der Waals surface area (Å²) in [5.74, 6) is -5.65. The number of carboxylic acid groups (broad SMARTS) is 1. The van der Waals surface area contributed by atoms with Crippen molar-refractivity contribution in [3.8, 4) is 22.3 Å². The molecule has 101 heavy (non-hydrogen) atoms. The van der Waals surface area contributed by atoms with Crippen molar-refractivity contribution in [1.82, 2.24) is 21.3 Å². The molecule has 0 bridgehead atoms. The quantitative estimate of drug-likeness (QED) is 0.0254. The molecule has 2 fully saturated rings. The number of esters is 5. The Bertz CT molecular complexity index is 3590. The number of hydrogen-bond donors (Lipinski definition) is 5. The van der Waals surface area contributed by atoms with Gasteiger partial charge in [-0.15, -0.1) is 0 Å². The van der Waals surface area contributed by atoms with Gasteiger partial charge in [0, 0.05) is 24.7 Å². The summed E-state index contributed by atoms with van der Waals surface area (Å²) in [6.07, 6.45) is 0.894. The Balaban J connectivity index is 0.000000259. The van der Waals surface area contributed by atoms with Crippen molar-refractivity contribution < 1.29 is 95.7 Å². The number of carbonyl (C=O) groups is 10. The van der Waals surface area contributed by atoms with Crippen molar-refractivity contribution in [2.75, 3.05) is 13.2 Å². The van der Waals surface area contributed by atoms with Gasteiger partial charge in [-0.1, -0.05) is 140 Å². The van der Waals surface area contributed by atoms with E-state index in [2.05, 4.69) is 21.3 Å². The first-order chi connectivity index (χ1) is 48.2. The third-order valence-corrected chi connectivity index (χ3v) is 17.4. The summed E-state index contributed by atoms with van der Waals surface area (Å²) in [5, 5.41) is 19.6. The highest BCUT2D eigenvalue weighted by Crippen LogP contribution is 2.46. The van der Waals surface area contributed by atoms with Gasteiger partial charge in [0.05, 0.1) is 0 Å². The largest absolute Gasteiger partial charge is 0.480 e. The van der Waals surface area contributed by atoms with Gasteiger partial charge in [0.15, 0.2) is 12.1 Å². The first-order valence-electron chi connectivity index (χ1n) is 34.7. The second kappa shape index (κ2) is 36.4. The fraction of sp³-hybridized carbons (Fsp3) is 0.481. The Morgan fingerprint density at radius 1 is 0.426 bits per heavy atom. The maximum Gasteiger partial charge on any atom is 0.408 e. The number of carbonyl (C=O) groups excluding carboxylic acids is 9. The minimum Gasteiger partial charge on any atom is -0.480 e. The molecule has 0 saturated heterocycles. The summed E-state index contributed by atoms with van der Waals surface area (Å²) in [4.78, 5) is 129. The summed E-state index contributed by atoms with van der Waals surface area (Å²) in [6, 6.07) is 35.1. The fourth-order valence-corrected chi connectivity index (χ4v) is 12.5. The molecular formula is C77H94N4O20. The van der Waals surface area contributed by atoms with E-state index < -0.39 is 114 Å². The summed E-state index contributed by atoms with van der Waals surface area (Å²) in [7, 11) is 0. The number of nitrogens with one attached hydrogen (secondary N) is 4. The van der Waals surface area contributed by atoms with Gasteiger partial charge in [-0.3, -0.25) is 9.59 Å².